The minimum absolute atomic E-state index is 0.134. The minimum atomic E-state index is -0.473. The van der Waals surface area contributed by atoms with Crippen LogP contribution in [-0.4, -0.2) is 62.8 Å². The minimum Gasteiger partial charge on any atom is -0.394 e. The summed E-state index contributed by atoms with van der Waals surface area (Å²) in [5.41, 5.74) is 6.90. The van der Waals surface area contributed by atoms with Crippen molar-refractivity contribution in [3.63, 3.8) is 0 Å². The van der Waals surface area contributed by atoms with Crippen LogP contribution < -0.4 is 5.73 Å². The second kappa shape index (κ2) is 5.43. The van der Waals surface area contributed by atoms with E-state index in [2.05, 4.69) is 15.0 Å². The zero-order valence-corrected chi connectivity index (χ0v) is 11.8. The van der Waals surface area contributed by atoms with Gasteiger partial charge in [-0.15, -0.1) is 0 Å². The van der Waals surface area contributed by atoms with Gasteiger partial charge in [-0.3, -0.25) is 4.57 Å². The summed E-state index contributed by atoms with van der Waals surface area (Å²) in [6.07, 6.45) is 2.26. The zero-order valence-electron chi connectivity index (χ0n) is 11.8. The fourth-order valence-electron chi connectivity index (χ4n) is 3.01. The van der Waals surface area contributed by atoms with Crippen LogP contribution in [0.2, 0.25) is 0 Å². The van der Waals surface area contributed by atoms with Crippen LogP contribution >= 0.6 is 0 Å². The van der Waals surface area contributed by atoms with Crippen LogP contribution in [-0.2, 0) is 14.2 Å². The molecule has 9 nitrogen and oxygen atoms in total. The van der Waals surface area contributed by atoms with E-state index < -0.39 is 12.3 Å². The van der Waals surface area contributed by atoms with Crippen LogP contribution in [0.25, 0.3) is 11.2 Å². The third-order valence-electron chi connectivity index (χ3n) is 4.04. The molecule has 0 radical (unpaired) electrons. The molecule has 4 rings (SSSR count). The SMILES string of the molecule is Nc1ncnc2c1ncn2[C@@H]1O[C@H](CO)[C@H]2OCCCO[C@@H]21. The molecule has 2 saturated heterocycles. The topological polar surface area (TPSA) is 118 Å². The van der Waals surface area contributed by atoms with Gasteiger partial charge in [-0.25, -0.2) is 15.0 Å². The molecule has 4 atom stereocenters. The van der Waals surface area contributed by atoms with E-state index >= 15 is 0 Å². The van der Waals surface area contributed by atoms with Crippen LogP contribution in [0.15, 0.2) is 12.7 Å². The number of anilines is 1. The van der Waals surface area contributed by atoms with Crippen LogP contribution in [0.4, 0.5) is 5.82 Å². The number of imidazole rings is 1. The Morgan fingerprint density at radius 1 is 1.23 bits per heavy atom. The predicted molar refractivity (Wildman–Crippen MR) is 74.8 cm³/mol. The third-order valence-corrected chi connectivity index (χ3v) is 4.04. The van der Waals surface area contributed by atoms with Gasteiger partial charge in [-0.2, -0.15) is 0 Å². The third kappa shape index (κ3) is 2.05. The Morgan fingerprint density at radius 2 is 2.05 bits per heavy atom. The molecule has 0 spiro atoms. The van der Waals surface area contributed by atoms with E-state index in [9.17, 15) is 5.11 Å². The highest BCUT2D eigenvalue weighted by atomic mass is 16.6. The molecule has 2 aromatic rings. The number of aliphatic hydroxyl groups is 1. The molecule has 3 N–H and O–H groups in total. The Hall–Kier alpha value is -1.81. The summed E-state index contributed by atoms with van der Waals surface area (Å²) in [6.45, 7) is 1.04. The van der Waals surface area contributed by atoms with Crippen molar-refractivity contribution in [3.05, 3.63) is 12.7 Å². The van der Waals surface area contributed by atoms with Gasteiger partial charge in [0.1, 0.15) is 30.2 Å². The number of hydrogen-bond donors (Lipinski definition) is 2. The van der Waals surface area contributed by atoms with Gasteiger partial charge in [0.05, 0.1) is 12.9 Å². The first kappa shape index (κ1) is 13.8. The van der Waals surface area contributed by atoms with E-state index in [4.69, 9.17) is 19.9 Å². The highest BCUT2D eigenvalue weighted by Crippen LogP contribution is 2.36. The summed E-state index contributed by atoms with van der Waals surface area (Å²) >= 11 is 0. The lowest BCUT2D eigenvalue weighted by Crippen LogP contribution is -2.36. The van der Waals surface area contributed by atoms with Gasteiger partial charge in [0.15, 0.2) is 17.7 Å². The van der Waals surface area contributed by atoms with Crippen LogP contribution in [0.3, 0.4) is 0 Å². The van der Waals surface area contributed by atoms with Crippen molar-refractivity contribution in [1.29, 1.82) is 0 Å². The van der Waals surface area contributed by atoms with Gasteiger partial charge in [-0.05, 0) is 6.42 Å². The number of aromatic nitrogens is 4. The molecular weight excluding hydrogens is 290 g/mol. The Labute approximate surface area is 126 Å². The standard InChI is InChI=1S/C13H17N5O4/c14-11-8-12(16-5-15-11)18(6-17-8)13-10-9(7(4-19)22-13)20-2-1-3-21-10/h5-7,9-10,13,19H,1-4H2,(H2,14,15,16)/t7-,9-,10+,13-/m1/s1. The van der Waals surface area contributed by atoms with E-state index in [1.165, 1.54) is 6.33 Å². The molecule has 118 valence electrons. The van der Waals surface area contributed by atoms with Gasteiger partial charge in [0.25, 0.3) is 0 Å². The van der Waals surface area contributed by atoms with Crippen molar-refractivity contribution in [2.45, 2.75) is 31.0 Å². The first-order valence-corrected chi connectivity index (χ1v) is 7.22. The number of nitrogens with zero attached hydrogens (tertiary/aromatic N) is 4. The summed E-state index contributed by atoms with van der Waals surface area (Å²) < 4.78 is 19.4. The highest BCUT2D eigenvalue weighted by Gasteiger charge is 2.48. The predicted octanol–water partition coefficient (Wildman–Crippen LogP) is -0.528. The van der Waals surface area contributed by atoms with E-state index in [1.54, 1.807) is 10.9 Å². The van der Waals surface area contributed by atoms with Crippen molar-refractivity contribution < 1.29 is 19.3 Å². The number of nitrogens with two attached hydrogens (primary N) is 1. The molecule has 9 heteroatoms. The maximum absolute atomic E-state index is 9.54. The molecule has 0 saturated carbocycles. The maximum Gasteiger partial charge on any atom is 0.167 e. The first-order chi connectivity index (χ1) is 10.8. The fourth-order valence-corrected chi connectivity index (χ4v) is 3.01. The number of nitrogen functional groups attached to an aromatic ring is 1. The first-order valence-electron chi connectivity index (χ1n) is 7.22. The quantitative estimate of drug-likeness (QED) is 0.760. The van der Waals surface area contributed by atoms with Crippen molar-refractivity contribution in [3.8, 4) is 0 Å². The van der Waals surface area contributed by atoms with Crippen LogP contribution in [0.1, 0.15) is 12.6 Å². The molecule has 2 aliphatic rings. The van der Waals surface area contributed by atoms with Gasteiger partial charge in [0, 0.05) is 13.2 Å². The van der Waals surface area contributed by atoms with Crippen LogP contribution in [0, 0.1) is 0 Å². The lowest BCUT2D eigenvalue weighted by Gasteiger charge is -2.21. The fraction of sp³-hybridized carbons (Fsp3) is 0.615. The molecular formula is C13H17N5O4. The van der Waals surface area contributed by atoms with E-state index in [0.29, 0.717) is 30.2 Å². The Bertz CT molecular complexity index is 677. The molecule has 2 aliphatic heterocycles. The molecule has 22 heavy (non-hydrogen) atoms. The van der Waals surface area contributed by atoms with Gasteiger partial charge in [-0.1, -0.05) is 0 Å². The lowest BCUT2D eigenvalue weighted by molar-refractivity contribution is -0.0699. The molecule has 0 bridgehead atoms. The molecule has 4 heterocycles. The summed E-state index contributed by atoms with van der Waals surface area (Å²) in [4.78, 5) is 12.4. The molecule has 2 aromatic heterocycles. The van der Waals surface area contributed by atoms with E-state index in [1.807, 2.05) is 0 Å². The van der Waals surface area contributed by atoms with Crippen molar-refractivity contribution in [2.24, 2.45) is 0 Å². The van der Waals surface area contributed by atoms with Gasteiger partial charge < -0.3 is 25.1 Å². The van der Waals surface area contributed by atoms with Gasteiger partial charge >= 0.3 is 0 Å². The summed E-state index contributed by atoms with van der Waals surface area (Å²) in [5.74, 6) is 0.315. The Morgan fingerprint density at radius 3 is 2.86 bits per heavy atom. The second-order valence-electron chi connectivity index (χ2n) is 5.36. The van der Waals surface area contributed by atoms with E-state index in [-0.39, 0.29) is 18.8 Å². The monoisotopic (exact) mass is 307 g/mol. The zero-order chi connectivity index (χ0) is 15.1. The molecule has 0 aliphatic carbocycles. The number of ether oxygens (including phenoxy) is 3. The van der Waals surface area contributed by atoms with Crippen LogP contribution in [0.5, 0.6) is 0 Å². The largest absolute Gasteiger partial charge is 0.394 e. The maximum atomic E-state index is 9.54. The number of fused-ring (bicyclic) bond motifs is 2. The van der Waals surface area contributed by atoms with Gasteiger partial charge in [0.2, 0.25) is 0 Å². The summed E-state index contributed by atoms with van der Waals surface area (Å²) in [6, 6.07) is 0. The summed E-state index contributed by atoms with van der Waals surface area (Å²) in [7, 11) is 0. The summed E-state index contributed by atoms with van der Waals surface area (Å²) in [5, 5.41) is 9.54. The normalized spacial score (nSPS) is 32.0. The number of rotatable bonds is 2. The average molecular weight is 307 g/mol. The van der Waals surface area contributed by atoms with Crippen molar-refractivity contribution in [1.82, 2.24) is 19.5 Å². The second-order valence-corrected chi connectivity index (χ2v) is 5.36. The number of aliphatic hydroxyl groups excluding tert-OH is 1. The van der Waals surface area contributed by atoms with E-state index in [0.717, 1.165) is 6.42 Å². The Kier molecular flexibility index (Phi) is 3.41. The molecule has 2 fully saturated rings. The van der Waals surface area contributed by atoms with Crippen molar-refractivity contribution in [2.75, 3.05) is 25.6 Å². The number of hydrogen-bond acceptors (Lipinski definition) is 8. The Balaban J connectivity index is 1.75. The molecule has 0 unspecified atom stereocenters. The average Bonchev–Trinajstić information content (AvgIpc) is 3.01. The smallest absolute Gasteiger partial charge is 0.167 e. The molecule has 0 aromatic carbocycles. The highest BCUT2D eigenvalue weighted by molar-refractivity contribution is 5.81. The molecule has 0 amide bonds. The van der Waals surface area contributed by atoms with Crippen molar-refractivity contribution >= 4 is 17.0 Å². The lowest BCUT2D eigenvalue weighted by atomic mass is 10.1.